The van der Waals surface area contributed by atoms with E-state index in [1.54, 1.807) is 0 Å². The SMILES string of the molecule is Cc1ncc(N(C)C(C)c2cccc(N)c2)nc1C. The summed E-state index contributed by atoms with van der Waals surface area (Å²) in [6, 6.07) is 8.13. The predicted molar refractivity (Wildman–Crippen MR) is 79.2 cm³/mol. The van der Waals surface area contributed by atoms with Crippen LogP contribution in [0, 0.1) is 13.8 Å². The summed E-state index contributed by atoms with van der Waals surface area (Å²) < 4.78 is 0. The molecule has 4 nitrogen and oxygen atoms in total. The zero-order chi connectivity index (χ0) is 14.0. The van der Waals surface area contributed by atoms with Gasteiger partial charge in [-0.05, 0) is 38.5 Å². The number of nitrogens with zero attached hydrogens (tertiary/aromatic N) is 3. The van der Waals surface area contributed by atoms with Crippen LogP contribution in [0.5, 0.6) is 0 Å². The molecule has 1 unspecified atom stereocenters. The fourth-order valence-electron chi connectivity index (χ4n) is 1.94. The molecular weight excluding hydrogens is 236 g/mol. The summed E-state index contributed by atoms with van der Waals surface area (Å²) in [6.45, 7) is 6.07. The van der Waals surface area contributed by atoms with Crippen molar-refractivity contribution in [3.8, 4) is 0 Å². The van der Waals surface area contributed by atoms with Crippen LogP contribution in [0.3, 0.4) is 0 Å². The number of anilines is 2. The molecule has 1 heterocycles. The average molecular weight is 256 g/mol. The molecule has 0 saturated heterocycles. The maximum atomic E-state index is 5.83. The van der Waals surface area contributed by atoms with Crippen molar-refractivity contribution in [1.29, 1.82) is 0 Å². The van der Waals surface area contributed by atoms with Gasteiger partial charge in [-0.3, -0.25) is 4.98 Å². The van der Waals surface area contributed by atoms with Gasteiger partial charge in [-0.25, -0.2) is 4.98 Å². The van der Waals surface area contributed by atoms with Crippen molar-refractivity contribution in [2.24, 2.45) is 0 Å². The van der Waals surface area contributed by atoms with Gasteiger partial charge in [0.15, 0.2) is 0 Å². The van der Waals surface area contributed by atoms with Crippen LogP contribution in [0.1, 0.15) is 29.9 Å². The quantitative estimate of drug-likeness (QED) is 0.858. The van der Waals surface area contributed by atoms with Gasteiger partial charge in [0.25, 0.3) is 0 Å². The van der Waals surface area contributed by atoms with Crippen LogP contribution in [0.15, 0.2) is 30.5 Å². The van der Waals surface area contributed by atoms with E-state index < -0.39 is 0 Å². The smallest absolute Gasteiger partial charge is 0.147 e. The molecule has 2 rings (SSSR count). The highest BCUT2D eigenvalue weighted by molar-refractivity contribution is 5.45. The maximum Gasteiger partial charge on any atom is 0.147 e. The van der Waals surface area contributed by atoms with Gasteiger partial charge in [0, 0.05) is 12.7 Å². The van der Waals surface area contributed by atoms with Gasteiger partial charge < -0.3 is 10.6 Å². The molecule has 1 aromatic carbocycles. The lowest BCUT2D eigenvalue weighted by atomic mass is 10.1. The second-order valence-electron chi connectivity index (χ2n) is 4.86. The Morgan fingerprint density at radius 1 is 1.21 bits per heavy atom. The molecule has 0 bridgehead atoms. The normalized spacial score (nSPS) is 12.2. The number of aromatic nitrogens is 2. The molecule has 0 saturated carbocycles. The number of hydrogen-bond donors (Lipinski definition) is 1. The minimum atomic E-state index is 0.194. The van der Waals surface area contributed by atoms with Crippen LogP contribution in [0.2, 0.25) is 0 Å². The van der Waals surface area contributed by atoms with Gasteiger partial charge >= 0.3 is 0 Å². The van der Waals surface area contributed by atoms with Gasteiger partial charge in [0.2, 0.25) is 0 Å². The second kappa shape index (κ2) is 5.26. The monoisotopic (exact) mass is 256 g/mol. The summed E-state index contributed by atoms with van der Waals surface area (Å²) in [4.78, 5) is 11.0. The average Bonchev–Trinajstić information content (AvgIpc) is 2.40. The Morgan fingerprint density at radius 2 is 1.95 bits per heavy atom. The highest BCUT2D eigenvalue weighted by Gasteiger charge is 2.14. The predicted octanol–water partition coefficient (Wildman–Crippen LogP) is 2.87. The third kappa shape index (κ3) is 2.84. The van der Waals surface area contributed by atoms with E-state index in [4.69, 9.17) is 5.73 Å². The second-order valence-corrected chi connectivity index (χ2v) is 4.86. The first-order valence-electron chi connectivity index (χ1n) is 6.37. The summed E-state index contributed by atoms with van der Waals surface area (Å²) in [7, 11) is 2.02. The Morgan fingerprint density at radius 3 is 2.58 bits per heavy atom. The van der Waals surface area contributed by atoms with E-state index in [1.165, 1.54) is 5.56 Å². The largest absolute Gasteiger partial charge is 0.399 e. The van der Waals surface area contributed by atoms with Crippen molar-refractivity contribution >= 4 is 11.5 Å². The number of rotatable bonds is 3. The standard InChI is InChI=1S/C15H20N4/c1-10-11(2)18-15(9-17-10)19(4)12(3)13-6-5-7-14(16)8-13/h5-9,12H,16H2,1-4H3. The number of nitrogens with two attached hydrogens (primary N) is 1. The molecular formula is C15H20N4. The van der Waals surface area contributed by atoms with Gasteiger partial charge in [-0.2, -0.15) is 0 Å². The van der Waals surface area contributed by atoms with E-state index >= 15 is 0 Å². The van der Waals surface area contributed by atoms with Crippen molar-refractivity contribution in [2.75, 3.05) is 17.7 Å². The van der Waals surface area contributed by atoms with Gasteiger partial charge in [0.05, 0.1) is 23.6 Å². The summed E-state index contributed by atoms with van der Waals surface area (Å²) >= 11 is 0. The molecule has 0 amide bonds. The van der Waals surface area contributed by atoms with E-state index in [9.17, 15) is 0 Å². The van der Waals surface area contributed by atoms with Crippen molar-refractivity contribution in [3.05, 3.63) is 47.4 Å². The van der Waals surface area contributed by atoms with Crippen LogP contribution >= 0.6 is 0 Å². The van der Waals surface area contributed by atoms with E-state index in [-0.39, 0.29) is 6.04 Å². The molecule has 1 aromatic heterocycles. The number of nitrogen functional groups attached to an aromatic ring is 1. The third-order valence-corrected chi connectivity index (χ3v) is 3.51. The Labute approximate surface area is 114 Å². The summed E-state index contributed by atoms with van der Waals surface area (Å²) in [5.74, 6) is 0.873. The topological polar surface area (TPSA) is 55.0 Å². The first-order chi connectivity index (χ1) is 8.99. The number of hydrogen-bond acceptors (Lipinski definition) is 4. The highest BCUT2D eigenvalue weighted by Crippen LogP contribution is 2.24. The lowest BCUT2D eigenvalue weighted by molar-refractivity contribution is 0.723. The lowest BCUT2D eigenvalue weighted by Crippen LogP contribution is -2.23. The number of aryl methyl sites for hydroxylation is 2. The fraction of sp³-hybridized carbons (Fsp3) is 0.333. The molecule has 2 N–H and O–H groups in total. The van der Waals surface area contributed by atoms with Crippen LogP contribution in [-0.2, 0) is 0 Å². The molecule has 0 radical (unpaired) electrons. The zero-order valence-corrected chi connectivity index (χ0v) is 11.9. The van der Waals surface area contributed by atoms with Crippen LogP contribution in [0.25, 0.3) is 0 Å². The molecule has 19 heavy (non-hydrogen) atoms. The van der Waals surface area contributed by atoms with E-state index in [0.717, 1.165) is 22.9 Å². The summed E-state index contributed by atoms with van der Waals surface area (Å²) in [5.41, 5.74) is 9.71. The van der Waals surface area contributed by atoms with E-state index in [2.05, 4.69) is 27.9 Å². The van der Waals surface area contributed by atoms with Gasteiger partial charge in [0.1, 0.15) is 5.82 Å². The minimum Gasteiger partial charge on any atom is -0.399 e. The van der Waals surface area contributed by atoms with Gasteiger partial charge in [-0.1, -0.05) is 12.1 Å². The molecule has 0 aliphatic rings. The fourth-order valence-corrected chi connectivity index (χ4v) is 1.94. The molecule has 2 aromatic rings. The minimum absolute atomic E-state index is 0.194. The van der Waals surface area contributed by atoms with Crippen molar-refractivity contribution in [3.63, 3.8) is 0 Å². The first kappa shape index (κ1) is 13.3. The summed E-state index contributed by atoms with van der Waals surface area (Å²) in [5, 5.41) is 0. The van der Waals surface area contributed by atoms with E-state index in [1.807, 2.05) is 45.3 Å². The molecule has 0 aliphatic carbocycles. The summed E-state index contributed by atoms with van der Waals surface area (Å²) in [6.07, 6.45) is 1.81. The Kier molecular flexibility index (Phi) is 3.69. The lowest BCUT2D eigenvalue weighted by Gasteiger charge is -2.26. The Hall–Kier alpha value is -2.10. The van der Waals surface area contributed by atoms with E-state index in [0.29, 0.717) is 0 Å². The molecule has 4 heteroatoms. The molecule has 1 atom stereocenters. The molecule has 100 valence electrons. The van der Waals surface area contributed by atoms with Crippen molar-refractivity contribution < 1.29 is 0 Å². The van der Waals surface area contributed by atoms with Gasteiger partial charge in [-0.15, -0.1) is 0 Å². The molecule has 0 spiro atoms. The van der Waals surface area contributed by atoms with Crippen LogP contribution < -0.4 is 10.6 Å². The van der Waals surface area contributed by atoms with Crippen LogP contribution in [-0.4, -0.2) is 17.0 Å². The highest BCUT2D eigenvalue weighted by atomic mass is 15.2. The number of benzene rings is 1. The van der Waals surface area contributed by atoms with Crippen molar-refractivity contribution in [1.82, 2.24) is 9.97 Å². The van der Waals surface area contributed by atoms with Crippen LogP contribution in [0.4, 0.5) is 11.5 Å². The zero-order valence-electron chi connectivity index (χ0n) is 11.9. The third-order valence-electron chi connectivity index (χ3n) is 3.51. The molecule has 0 fully saturated rings. The van der Waals surface area contributed by atoms with Crippen molar-refractivity contribution in [2.45, 2.75) is 26.8 Å². The Balaban J connectivity index is 2.27. The Bertz CT molecular complexity index is 580. The maximum absolute atomic E-state index is 5.83. The molecule has 0 aliphatic heterocycles. The first-order valence-corrected chi connectivity index (χ1v) is 6.37.